The molecule has 0 fully saturated rings. The van der Waals surface area contributed by atoms with E-state index in [9.17, 15) is 18.4 Å². The third kappa shape index (κ3) is 7.32. The molecule has 0 heterocycles. The van der Waals surface area contributed by atoms with E-state index in [0.29, 0.717) is 12.8 Å². The van der Waals surface area contributed by atoms with Gasteiger partial charge < -0.3 is 9.47 Å². The summed E-state index contributed by atoms with van der Waals surface area (Å²) in [5, 5.41) is 0. The van der Waals surface area contributed by atoms with Crippen LogP contribution in [0.1, 0.15) is 33.1 Å². The lowest BCUT2D eigenvalue weighted by atomic mass is 9.97. The average Bonchev–Trinajstić information content (AvgIpc) is 2.31. The number of hydrogen-bond acceptors (Lipinski definition) is 4. The van der Waals surface area contributed by atoms with Gasteiger partial charge in [-0.3, -0.25) is 9.59 Å². The van der Waals surface area contributed by atoms with E-state index < -0.39 is 24.9 Å². The fourth-order valence-corrected chi connectivity index (χ4v) is 1.46. The molecule has 4 nitrogen and oxygen atoms in total. The summed E-state index contributed by atoms with van der Waals surface area (Å²) in [5.74, 6) is -1.66. The first-order chi connectivity index (χ1) is 8.52. The fourth-order valence-electron chi connectivity index (χ4n) is 1.46. The smallest absolute Gasteiger partial charge is 0.316 e. The summed E-state index contributed by atoms with van der Waals surface area (Å²) in [6.45, 7) is 2.95. The van der Waals surface area contributed by atoms with Crippen molar-refractivity contribution in [2.24, 2.45) is 5.92 Å². The Kier molecular flexibility index (Phi) is 9.36. The first kappa shape index (κ1) is 17.0. The average molecular weight is 266 g/mol. The van der Waals surface area contributed by atoms with Gasteiger partial charge in [-0.2, -0.15) is 0 Å². The lowest BCUT2D eigenvalue weighted by molar-refractivity contribution is -0.152. The minimum Gasteiger partial charge on any atom is -0.465 e. The van der Waals surface area contributed by atoms with E-state index in [2.05, 4.69) is 4.74 Å². The van der Waals surface area contributed by atoms with E-state index >= 15 is 0 Å². The van der Waals surface area contributed by atoms with Crippen LogP contribution in [0.15, 0.2) is 0 Å². The molecule has 1 unspecified atom stereocenters. The van der Waals surface area contributed by atoms with Crippen LogP contribution in [0.4, 0.5) is 8.78 Å². The molecular formula is C12H20F2O4. The van der Waals surface area contributed by atoms with E-state index in [4.69, 9.17) is 4.74 Å². The standard InChI is InChI=1S/C12H20F2O4/c1-3-5-9(12(16)18-4-2)10(15)6-7-17-8-11(13)14/h9,11H,3-8H2,1-2H3. The van der Waals surface area contributed by atoms with E-state index in [1.165, 1.54) is 0 Å². The molecule has 0 aliphatic rings. The highest BCUT2D eigenvalue weighted by atomic mass is 19.3. The number of Topliss-reactive ketones (excluding diaryl/α,β-unsaturated/α-hetero) is 1. The summed E-state index contributed by atoms with van der Waals surface area (Å²) in [4.78, 5) is 23.2. The third-order valence-electron chi connectivity index (χ3n) is 2.27. The minimum absolute atomic E-state index is 0.0454. The lowest BCUT2D eigenvalue weighted by Crippen LogP contribution is -2.27. The SMILES string of the molecule is CCCC(C(=O)CCOCC(F)F)C(=O)OCC. The Balaban J connectivity index is 4.09. The van der Waals surface area contributed by atoms with Gasteiger partial charge in [0.25, 0.3) is 6.43 Å². The number of hydrogen-bond donors (Lipinski definition) is 0. The van der Waals surface area contributed by atoms with Crippen molar-refractivity contribution in [3.8, 4) is 0 Å². The summed E-state index contributed by atoms with van der Waals surface area (Å²) in [6, 6.07) is 0. The summed E-state index contributed by atoms with van der Waals surface area (Å²) < 4.78 is 33.0. The zero-order valence-electron chi connectivity index (χ0n) is 10.8. The number of esters is 1. The highest BCUT2D eigenvalue weighted by Gasteiger charge is 2.26. The normalized spacial score (nSPS) is 12.5. The highest BCUT2D eigenvalue weighted by Crippen LogP contribution is 2.12. The molecule has 0 aromatic rings. The second-order valence-corrected chi connectivity index (χ2v) is 3.78. The Morgan fingerprint density at radius 1 is 1.22 bits per heavy atom. The number of carbonyl (C=O) groups is 2. The molecule has 0 aliphatic heterocycles. The zero-order valence-corrected chi connectivity index (χ0v) is 10.8. The number of ether oxygens (including phenoxy) is 2. The van der Waals surface area contributed by atoms with Crippen LogP contribution in [-0.2, 0) is 19.1 Å². The van der Waals surface area contributed by atoms with Crippen molar-refractivity contribution in [1.82, 2.24) is 0 Å². The van der Waals surface area contributed by atoms with Crippen LogP contribution in [0.2, 0.25) is 0 Å². The number of carbonyl (C=O) groups excluding carboxylic acids is 2. The van der Waals surface area contributed by atoms with Crippen LogP contribution >= 0.6 is 0 Å². The molecule has 0 saturated carbocycles. The highest BCUT2D eigenvalue weighted by molar-refractivity contribution is 5.98. The lowest BCUT2D eigenvalue weighted by Gasteiger charge is -2.13. The second kappa shape index (κ2) is 9.94. The zero-order chi connectivity index (χ0) is 14.0. The topological polar surface area (TPSA) is 52.6 Å². The van der Waals surface area contributed by atoms with Crippen molar-refractivity contribution in [3.63, 3.8) is 0 Å². The molecule has 0 saturated heterocycles. The van der Waals surface area contributed by atoms with Gasteiger partial charge >= 0.3 is 5.97 Å². The summed E-state index contributed by atoms with van der Waals surface area (Å²) in [7, 11) is 0. The van der Waals surface area contributed by atoms with Crippen molar-refractivity contribution in [2.75, 3.05) is 19.8 Å². The van der Waals surface area contributed by atoms with Gasteiger partial charge in [0.2, 0.25) is 0 Å². The van der Waals surface area contributed by atoms with Gasteiger partial charge in [-0.15, -0.1) is 0 Å². The van der Waals surface area contributed by atoms with Gasteiger partial charge in [0.15, 0.2) is 0 Å². The summed E-state index contributed by atoms with van der Waals surface area (Å²) >= 11 is 0. The molecule has 0 spiro atoms. The Bertz CT molecular complexity index is 256. The molecule has 0 aromatic heterocycles. The Morgan fingerprint density at radius 3 is 2.39 bits per heavy atom. The van der Waals surface area contributed by atoms with E-state index in [0.717, 1.165) is 0 Å². The molecule has 0 radical (unpaired) electrons. The molecule has 106 valence electrons. The maximum absolute atomic E-state index is 11.8. The number of halogens is 2. The van der Waals surface area contributed by atoms with E-state index in [-0.39, 0.29) is 25.4 Å². The Labute approximate surface area is 106 Å². The number of rotatable bonds is 10. The molecular weight excluding hydrogens is 246 g/mol. The van der Waals surface area contributed by atoms with Crippen LogP contribution in [-0.4, -0.2) is 38.0 Å². The van der Waals surface area contributed by atoms with Crippen molar-refractivity contribution in [2.45, 2.75) is 39.5 Å². The van der Waals surface area contributed by atoms with Crippen LogP contribution in [0.25, 0.3) is 0 Å². The maximum Gasteiger partial charge on any atom is 0.316 e. The molecule has 0 N–H and O–H groups in total. The molecule has 0 rings (SSSR count). The van der Waals surface area contributed by atoms with E-state index in [1.807, 2.05) is 6.92 Å². The van der Waals surface area contributed by atoms with Crippen molar-refractivity contribution in [1.29, 1.82) is 0 Å². The minimum atomic E-state index is -2.54. The van der Waals surface area contributed by atoms with Crippen molar-refractivity contribution in [3.05, 3.63) is 0 Å². The monoisotopic (exact) mass is 266 g/mol. The first-order valence-corrected chi connectivity index (χ1v) is 6.08. The van der Waals surface area contributed by atoms with Crippen LogP contribution in [0.3, 0.4) is 0 Å². The van der Waals surface area contributed by atoms with Gasteiger partial charge in [-0.25, -0.2) is 8.78 Å². The molecule has 0 aromatic carbocycles. The van der Waals surface area contributed by atoms with E-state index in [1.54, 1.807) is 6.92 Å². The largest absolute Gasteiger partial charge is 0.465 e. The molecule has 6 heteroatoms. The van der Waals surface area contributed by atoms with Gasteiger partial charge in [0.05, 0.1) is 13.2 Å². The third-order valence-corrected chi connectivity index (χ3v) is 2.27. The predicted octanol–water partition coefficient (Wildman–Crippen LogP) is 2.21. The van der Waals surface area contributed by atoms with Crippen LogP contribution in [0.5, 0.6) is 0 Å². The fraction of sp³-hybridized carbons (Fsp3) is 0.833. The second-order valence-electron chi connectivity index (χ2n) is 3.78. The summed E-state index contributed by atoms with van der Waals surface area (Å²) in [5.41, 5.74) is 0. The maximum atomic E-state index is 11.8. The first-order valence-electron chi connectivity index (χ1n) is 6.08. The predicted molar refractivity (Wildman–Crippen MR) is 61.5 cm³/mol. The Morgan fingerprint density at radius 2 is 1.89 bits per heavy atom. The summed E-state index contributed by atoms with van der Waals surface area (Å²) in [6.07, 6.45) is -1.51. The van der Waals surface area contributed by atoms with Gasteiger partial charge in [0.1, 0.15) is 18.3 Å². The van der Waals surface area contributed by atoms with Crippen LogP contribution in [0, 0.1) is 5.92 Å². The molecule has 0 amide bonds. The molecule has 1 atom stereocenters. The van der Waals surface area contributed by atoms with Crippen molar-refractivity contribution < 1.29 is 27.8 Å². The molecule has 0 bridgehead atoms. The number of ketones is 1. The van der Waals surface area contributed by atoms with Gasteiger partial charge in [-0.1, -0.05) is 13.3 Å². The Hall–Kier alpha value is -1.04. The van der Waals surface area contributed by atoms with Gasteiger partial charge in [-0.05, 0) is 13.3 Å². The van der Waals surface area contributed by atoms with Crippen molar-refractivity contribution >= 4 is 11.8 Å². The number of alkyl halides is 2. The quantitative estimate of drug-likeness (QED) is 0.345. The van der Waals surface area contributed by atoms with Crippen LogP contribution < -0.4 is 0 Å². The molecule has 0 aliphatic carbocycles. The van der Waals surface area contributed by atoms with Gasteiger partial charge in [0, 0.05) is 6.42 Å². The molecule has 18 heavy (non-hydrogen) atoms.